The second-order valence-corrected chi connectivity index (χ2v) is 4.69. The van der Waals surface area contributed by atoms with E-state index in [0.717, 1.165) is 12.8 Å². The number of hydrogen-bond acceptors (Lipinski definition) is 3. The van der Waals surface area contributed by atoms with Crippen LogP contribution in [-0.2, 0) is 4.74 Å². The Hall–Kier alpha value is -1.13. The molecule has 1 fully saturated rings. The molecule has 1 aliphatic heterocycles. The summed E-state index contributed by atoms with van der Waals surface area (Å²) in [4.78, 5) is 0. The standard InChI is InChI=1S/C14H20FNO2/c1-9-7-8-12(18-9)14(16-2)10-5-4-6-11(17-3)13(10)15/h4-6,9,12,14,16H,7-8H2,1-3H3. The van der Waals surface area contributed by atoms with Crippen LogP contribution < -0.4 is 10.1 Å². The first-order chi connectivity index (χ1) is 8.67. The summed E-state index contributed by atoms with van der Waals surface area (Å²) in [5, 5.41) is 3.15. The molecule has 1 aromatic rings. The molecule has 3 nitrogen and oxygen atoms in total. The van der Waals surface area contributed by atoms with Crippen molar-refractivity contribution in [1.29, 1.82) is 0 Å². The van der Waals surface area contributed by atoms with Crippen LogP contribution in [0.1, 0.15) is 31.4 Å². The first-order valence-corrected chi connectivity index (χ1v) is 6.32. The van der Waals surface area contributed by atoms with Crippen LogP contribution in [0.4, 0.5) is 4.39 Å². The van der Waals surface area contributed by atoms with Gasteiger partial charge in [0.15, 0.2) is 11.6 Å². The zero-order chi connectivity index (χ0) is 13.1. The monoisotopic (exact) mass is 253 g/mol. The Balaban J connectivity index is 2.27. The molecule has 4 heteroatoms. The third-order valence-corrected chi connectivity index (χ3v) is 3.50. The van der Waals surface area contributed by atoms with Gasteiger partial charge in [0.2, 0.25) is 0 Å². The first kappa shape index (κ1) is 13.3. The van der Waals surface area contributed by atoms with Gasteiger partial charge in [-0.05, 0) is 32.9 Å². The van der Waals surface area contributed by atoms with Gasteiger partial charge in [0.25, 0.3) is 0 Å². The van der Waals surface area contributed by atoms with E-state index in [2.05, 4.69) is 12.2 Å². The van der Waals surface area contributed by atoms with Gasteiger partial charge in [-0.2, -0.15) is 0 Å². The van der Waals surface area contributed by atoms with Gasteiger partial charge in [0, 0.05) is 5.56 Å². The highest BCUT2D eigenvalue weighted by Gasteiger charge is 2.31. The second-order valence-electron chi connectivity index (χ2n) is 4.69. The average molecular weight is 253 g/mol. The number of methoxy groups -OCH3 is 1. The van der Waals surface area contributed by atoms with Crippen molar-refractivity contribution in [2.75, 3.05) is 14.2 Å². The highest BCUT2D eigenvalue weighted by molar-refractivity contribution is 5.33. The number of rotatable bonds is 4. The summed E-state index contributed by atoms with van der Waals surface area (Å²) in [6.07, 6.45) is 2.24. The van der Waals surface area contributed by atoms with Gasteiger partial charge >= 0.3 is 0 Å². The van der Waals surface area contributed by atoms with E-state index in [4.69, 9.17) is 9.47 Å². The Labute approximate surface area is 107 Å². The minimum absolute atomic E-state index is 0.0200. The van der Waals surface area contributed by atoms with Crippen molar-refractivity contribution in [1.82, 2.24) is 5.32 Å². The van der Waals surface area contributed by atoms with Crippen LogP contribution >= 0.6 is 0 Å². The minimum atomic E-state index is -0.303. The molecule has 1 saturated heterocycles. The quantitative estimate of drug-likeness (QED) is 0.895. The number of halogens is 1. The molecule has 0 saturated carbocycles. The Bertz CT molecular complexity index is 411. The molecule has 1 N–H and O–H groups in total. The Morgan fingerprint density at radius 1 is 1.44 bits per heavy atom. The van der Waals surface area contributed by atoms with Crippen LogP contribution in [0.3, 0.4) is 0 Å². The molecule has 18 heavy (non-hydrogen) atoms. The SMILES string of the molecule is CNC(c1cccc(OC)c1F)C1CCC(C)O1. The molecular weight excluding hydrogens is 233 g/mol. The minimum Gasteiger partial charge on any atom is -0.494 e. The lowest BCUT2D eigenvalue weighted by molar-refractivity contribution is 0.0324. The summed E-state index contributed by atoms with van der Waals surface area (Å²) >= 11 is 0. The summed E-state index contributed by atoms with van der Waals surface area (Å²) < 4.78 is 25.1. The Morgan fingerprint density at radius 3 is 2.78 bits per heavy atom. The van der Waals surface area contributed by atoms with Crippen molar-refractivity contribution in [2.24, 2.45) is 0 Å². The van der Waals surface area contributed by atoms with Crippen molar-refractivity contribution < 1.29 is 13.9 Å². The zero-order valence-electron chi connectivity index (χ0n) is 11.1. The van der Waals surface area contributed by atoms with Crippen molar-refractivity contribution in [2.45, 2.75) is 38.0 Å². The van der Waals surface area contributed by atoms with Crippen molar-refractivity contribution in [3.63, 3.8) is 0 Å². The maximum absolute atomic E-state index is 14.2. The molecule has 0 aromatic heterocycles. The fourth-order valence-electron chi connectivity index (χ4n) is 2.55. The topological polar surface area (TPSA) is 30.5 Å². The van der Waals surface area contributed by atoms with Gasteiger partial charge in [0.05, 0.1) is 25.4 Å². The second kappa shape index (κ2) is 5.67. The molecule has 0 aliphatic carbocycles. The van der Waals surface area contributed by atoms with E-state index < -0.39 is 0 Å². The van der Waals surface area contributed by atoms with E-state index in [1.807, 2.05) is 7.05 Å². The molecule has 0 amide bonds. The molecule has 3 atom stereocenters. The van der Waals surface area contributed by atoms with E-state index in [1.54, 1.807) is 18.2 Å². The summed E-state index contributed by atoms with van der Waals surface area (Å²) in [7, 11) is 3.31. The summed E-state index contributed by atoms with van der Waals surface area (Å²) in [6, 6.07) is 5.08. The van der Waals surface area contributed by atoms with Gasteiger partial charge in [0.1, 0.15) is 0 Å². The van der Waals surface area contributed by atoms with Crippen LogP contribution in [-0.4, -0.2) is 26.4 Å². The molecule has 1 heterocycles. The van der Waals surface area contributed by atoms with Gasteiger partial charge in [-0.3, -0.25) is 0 Å². The maximum Gasteiger partial charge on any atom is 0.169 e. The maximum atomic E-state index is 14.2. The van der Waals surface area contributed by atoms with Crippen LogP contribution in [0.5, 0.6) is 5.75 Å². The van der Waals surface area contributed by atoms with E-state index in [-0.39, 0.29) is 29.8 Å². The molecule has 0 bridgehead atoms. The van der Waals surface area contributed by atoms with Crippen LogP contribution in [0.2, 0.25) is 0 Å². The van der Waals surface area contributed by atoms with Crippen LogP contribution in [0, 0.1) is 5.82 Å². The number of nitrogens with one attached hydrogen (secondary N) is 1. The molecule has 0 radical (unpaired) electrons. The number of benzene rings is 1. The lowest BCUT2D eigenvalue weighted by atomic mass is 9.98. The molecular formula is C14H20FNO2. The Kier molecular flexibility index (Phi) is 4.19. The molecule has 100 valence electrons. The smallest absolute Gasteiger partial charge is 0.169 e. The van der Waals surface area contributed by atoms with Crippen molar-refractivity contribution >= 4 is 0 Å². The fourth-order valence-corrected chi connectivity index (χ4v) is 2.55. The third kappa shape index (κ3) is 2.49. The fraction of sp³-hybridized carbons (Fsp3) is 0.571. The molecule has 1 aliphatic rings. The van der Waals surface area contributed by atoms with E-state index in [9.17, 15) is 4.39 Å². The predicted molar refractivity (Wildman–Crippen MR) is 68.3 cm³/mol. The summed E-state index contributed by atoms with van der Waals surface area (Å²) in [5.74, 6) is -0.0266. The lowest BCUT2D eigenvalue weighted by Crippen LogP contribution is -2.30. The largest absolute Gasteiger partial charge is 0.494 e. The van der Waals surface area contributed by atoms with Gasteiger partial charge in [-0.15, -0.1) is 0 Å². The lowest BCUT2D eigenvalue weighted by Gasteiger charge is -2.24. The van der Waals surface area contributed by atoms with Gasteiger partial charge in [-0.1, -0.05) is 12.1 Å². The van der Waals surface area contributed by atoms with E-state index >= 15 is 0 Å². The number of hydrogen-bond donors (Lipinski definition) is 1. The van der Waals surface area contributed by atoms with Gasteiger partial charge in [-0.25, -0.2) is 4.39 Å². The first-order valence-electron chi connectivity index (χ1n) is 6.32. The molecule has 2 rings (SSSR count). The highest BCUT2D eigenvalue weighted by Crippen LogP contribution is 2.33. The van der Waals surface area contributed by atoms with Gasteiger partial charge < -0.3 is 14.8 Å². The van der Waals surface area contributed by atoms with E-state index in [0.29, 0.717) is 5.56 Å². The Morgan fingerprint density at radius 2 is 2.22 bits per heavy atom. The predicted octanol–water partition coefficient (Wildman–Crippen LogP) is 2.66. The molecule has 0 spiro atoms. The number of ether oxygens (including phenoxy) is 2. The summed E-state index contributed by atoms with van der Waals surface area (Å²) in [5.41, 5.74) is 0.607. The zero-order valence-corrected chi connectivity index (χ0v) is 11.1. The summed E-state index contributed by atoms with van der Waals surface area (Å²) in [6.45, 7) is 2.05. The number of likely N-dealkylation sites (N-methyl/N-ethyl adjacent to an activating group) is 1. The molecule has 1 aromatic carbocycles. The molecule has 3 unspecified atom stereocenters. The normalized spacial score (nSPS) is 25.1. The third-order valence-electron chi connectivity index (χ3n) is 3.50. The van der Waals surface area contributed by atoms with E-state index in [1.165, 1.54) is 7.11 Å². The van der Waals surface area contributed by atoms with Crippen LogP contribution in [0.25, 0.3) is 0 Å². The van der Waals surface area contributed by atoms with Crippen molar-refractivity contribution in [3.8, 4) is 5.75 Å². The average Bonchev–Trinajstić information content (AvgIpc) is 2.79. The van der Waals surface area contributed by atoms with Crippen molar-refractivity contribution in [3.05, 3.63) is 29.6 Å². The van der Waals surface area contributed by atoms with Crippen LogP contribution in [0.15, 0.2) is 18.2 Å². The highest BCUT2D eigenvalue weighted by atomic mass is 19.1.